The summed E-state index contributed by atoms with van der Waals surface area (Å²) in [4.78, 5) is 37.7. The zero-order chi connectivity index (χ0) is 22.2. The van der Waals surface area contributed by atoms with Crippen LogP contribution in [0.2, 0.25) is 0 Å². The number of carboxylic acid groups (broad SMARTS) is 1. The highest BCUT2D eigenvalue weighted by Crippen LogP contribution is 2.59. The third-order valence-corrected chi connectivity index (χ3v) is 5.87. The van der Waals surface area contributed by atoms with Gasteiger partial charge in [0, 0.05) is 17.0 Å². The number of aliphatic carboxylic acids is 1. The van der Waals surface area contributed by atoms with Gasteiger partial charge in [-0.1, -0.05) is 0 Å². The van der Waals surface area contributed by atoms with Crippen LogP contribution < -0.4 is 10.1 Å². The number of hydrogen-bond donors (Lipinski definition) is 3. The molecule has 2 aromatic carbocycles. The fourth-order valence-electron chi connectivity index (χ4n) is 4.09. The van der Waals surface area contributed by atoms with Gasteiger partial charge in [-0.2, -0.15) is 0 Å². The van der Waals surface area contributed by atoms with Crippen LogP contribution in [0.15, 0.2) is 48.5 Å². The zero-order valence-electron chi connectivity index (χ0n) is 16.5. The Morgan fingerprint density at radius 3 is 2.26 bits per heavy atom. The summed E-state index contributed by atoms with van der Waals surface area (Å²) in [5, 5.41) is 21.4. The van der Waals surface area contributed by atoms with E-state index in [4.69, 9.17) is 4.74 Å². The maximum Gasteiger partial charge on any atom is 0.326 e. The van der Waals surface area contributed by atoms with Crippen molar-refractivity contribution < 1.29 is 33.7 Å². The SMILES string of the molecule is O=C(NCC(=O)N1[C@H]2C[C@@]2(CO)C[C@H]1C(=O)O)c1ccc(Oc2ccc(F)cc2)cc1. The maximum atomic E-state index is 12.9. The summed E-state index contributed by atoms with van der Waals surface area (Å²) in [6.45, 7) is -0.502. The van der Waals surface area contributed by atoms with Gasteiger partial charge in [-0.05, 0) is 61.4 Å². The minimum Gasteiger partial charge on any atom is -0.480 e. The molecule has 0 bridgehead atoms. The summed E-state index contributed by atoms with van der Waals surface area (Å²) in [5.74, 6) is -1.57. The molecule has 3 N–H and O–H groups in total. The highest BCUT2D eigenvalue weighted by molar-refractivity contribution is 5.97. The highest BCUT2D eigenvalue weighted by atomic mass is 19.1. The number of piperidine rings is 1. The van der Waals surface area contributed by atoms with Gasteiger partial charge in [-0.15, -0.1) is 0 Å². The van der Waals surface area contributed by atoms with E-state index in [-0.39, 0.29) is 31.4 Å². The molecule has 1 saturated heterocycles. The number of carbonyl (C=O) groups is 3. The van der Waals surface area contributed by atoms with Crippen molar-refractivity contribution in [3.63, 3.8) is 0 Å². The lowest BCUT2D eigenvalue weighted by atomic mass is 10.0. The molecule has 0 spiro atoms. The van der Waals surface area contributed by atoms with Crippen LogP contribution in [0.3, 0.4) is 0 Å². The van der Waals surface area contributed by atoms with Crippen LogP contribution in [0.25, 0.3) is 0 Å². The summed E-state index contributed by atoms with van der Waals surface area (Å²) >= 11 is 0. The zero-order valence-corrected chi connectivity index (χ0v) is 16.5. The average Bonchev–Trinajstić information content (AvgIpc) is 3.38. The number of aliphatic hydroxyl groups excluding tert-OH is 1. The number of likely N-dealkylation sites (tertiary alicyclic amines) is 1. The number of ether oxygens (including phenoxy) is 1. The molecule has 2 aromatic rings. The molecule has 162 valence electrons. The van der Waals surface area contributed by atoms with Gasteiger partial charge in [0.05, 0.1) is 13.2 Å². The molecule has 2 fully saturated rings. The van der Waals surface area contributed by atoms with Gasteiger partial charge in [-0.25, -0.2) is 9.18 Å². The van der Waals surface area contributed by atoms with Crippen LogP contribution in [0.1, 0.15) is 23.2 Å². The van der Waals surface area contributed by atoms with Crippen LogP contribution >= 0.6 is 0 Å². The average molecular weight is 428 g/mol. The first-order chi connectivity index (χ1) is 14.8. The van der Waals surface area contributed by atoms with Crippen molar-refractivity contribution in [2.75, 3.05) is 13.2 Å². The minimum atomic E-state index is -1.11. The second-order valence-corrected chi connectivity index (χ2v) is 7.86. The van der Waals surface area contributed by atoms with Gasteiger partial charge in [0.15, 0.2) is 0 Å². The first-order valence-corrected chi connectivity index (χ1v) is 9.79. The van der Waals surface area contributed by atoms with E-state index in [2.05, 4.69) is 5.32 Å². The molecule has 2 amide bonds. The number of benzene rings is 2. The fourth-order valence-corrected chi connectivity index (χ4v) is 4.09. The molecule has 31 heavy (non-hydrogen) atoms. The number of nitrogens with one attached hydrogen (secondary N) is 1. The van der Waals surface area contributed by atoms with Gasteiger partial charge in [-0.3, -0.25) is 9.59 Å². The van der Waals surface area contributed by atoms with Crippen molar-refractivity contribution in [1.29, 1.82) is 0 Å². The molecule has 3 atom stereocenters. The molecule has 1 aliphatic heterocycles. The van der Waals surface area contributed by atoms with E-state index in [1.54, 1.807) is 12.1 Å². The molecule has 0 aromatic heterocycles. The van der Waals surface area contributed by atoms with E-state index in [0.717, 1.165) is 0 Å². The number of hydrogen-bond acceptors (Lipinski definition) is 5. The summed E-state index contributed by atoms with van der Waals surface area (Å²) in [7, 11) is 0. The fraction of sp³-hybridized carbons (Fsp3) is 0.318. The van der Waals surface area contributed by atoms with Gasteiger partial charge < -0.3 is 25.2 Å². The van der Waals surface area contributed by atoms with E-state index in [1.807, 2.05) is 0 Å². The number of amides is 2. The van der Waals surface area contributed by atoms with E-state index in [9.17, 15) is 29.0 Å². The Bertz CT molecular complexity index is 1010. The summed E-state index contributed by atoms with van der Waals surface area (Å²) in [6.07, 6.45) is 0.793. The molecular weight excluding hydrogens is 407 g/mol. The van der Waals surface area contributed by atoms with E-state index in [1.165, 1.54) is 41.3 Å². The third-order valence-electron chi connectivity index (χ3n) is 5.87. The monoisotopic (exact) mass is 428 g/mol. The van der Waals surface area contributed by atoms with Gasteiger partial charge in [0.25, 0.3) is 5.91 Å². The van der Waals surface area contributed by atoms with Crippen LogP contribution in [-0.4, -0.2) is 58.1 Å². The number of fused-ring (bicyclic) bond motifs is 1. The van der Waals surface area contributed by atoms with E-state index < -0.39 is 29.2 Å². The smallest absolute Gasteiger partial charge is 0.326 e. The summed E-state index contributed by atoms with van der Waals surface area (Å²) in [6, 6.07) is 10.4. The molecule has 4 rings (SSSR count). The van der Waals surface area contributed by atoms with Crippen molar-refractivity contribution in [2.24, 2.45) is 5.41 Å². The standard InChI is InChI=1S/C22H21FN2O6/c23-14-3-7-16(8-4-14)31-15-5-1-13(2-6-15)20(28)24-11-19(27)25-17(21(29)30)9-22(12-26)10-18(22)25/h1-8,17-18,26H,9-12H2,(H,24,28)(H,29,30)/t17-,18-,22+/m0/s1. The Kier molecular flexibility index (Phi) is 5.36. The number of nitrogens with zero attached hydrogens (tertiary/aromatic N) is 1. The van der Waals surface area contributed by atoms with Crippen LogP contribution in [0, 0.1) is 11.2 Å². The second kappa shape index (κ2) is 7.99. The second-order valence-electron chi connectivity index (χ2n) is 7.86. The first-order valence-electron chi connectivity index (χ1n) is 9.79. The normalized spacial score (nSPS) is 23.7. The van der Waals surface area contributed by atoms with Crippen molar-refractivity contribution in [3.05, 3.63) is 59.9 Å². The van der Waals surface area contributed by atoms with Crippen molar-refractivity contribution >= 4 is 17.8 Å². The number of rotatable bonds is 7. The molecule has 9 heteroatoms. The summed E-state index contributed by atoms with van der Waals surface area (Å²) < 4.78 is 18.5. The van der Waals surface area contributed by atoms with Gasteiger partial charge in [0.1, 0.15) is 23.4 Å². The number of carbonyl (C=O) groups excluding carboxylic acids is 2. The Morgan fingerprint density at radius 2 is 1.68 bits per heavy atom. The Morgan fingerprint density at radius 1 is 1.06 bits per heavy atom. The summed E-state index contributed by atoms with van der Waals surface area (Å²) in [5.41, 5.74) is -0.227. The Balaban J connectivity index is 1.34. The van der Waals surface area contributed by atoms with Crippen LogP contribution in [0.5, 0.6) is 11.5 Å². The van der Waals surface area contributed by atoms with E-state index in [0.29, 0.717) is 23.5 Å². The molecule has 0 radical (unpaired) electrons. The molecule has 1 heterocycles. The number of halogens is 1. The lowest BCUT2D eigenvalue weighted by Crippen LogP contribution is -2.47. The molecule has 1 saturated carbocycles. The van der Waals surface area contributed by atoms with Crippen molar-refractivity contribution in [2.45, 2.75) is 24.9 Å². The first kappa shape index (κ1) is 20.8. The predicted octanol–water partition coefficient (Wildman–Crippen LogP) is 1.78. The number of aliphatic hydroxyl groups is 1. The minimum absolute atomic E-state index is 0.163. The highest BCUT2D eigenvalue weighted by Gasteiger charge is 2.67. The molecule has 2 aliphatic rings. The topological polar surface area (TPSA) is 116 Å². The lowest BCUT2D eigenvalue weighted by molar-refractivity contribution is -0.149. The van der Waals surface area contributed by atoms with Gasteiger partial charge >= 0.3 is 5.97 Å². The van der Waals surface area contributed by atoms with Gasteiger partial charge in [0.2, 0.25) is 5.91 Å². The molecule has 8 nitrogen and oxygen atoms in total. The van der Waals surface area contributed by atoms with Crippen molar-refractivity contribution in [3.8, 4) is 11.5 Å². The molecular formula is C22H21FN2O6. The van der Waals surface area contributed by atoms with E-state index >= 15 is 0 Å². The third kappa shape index (κ3) is 4.09. The van der Waals surface area contributed by atoms with Crippen LogP contribution in [-0.2, 0) is 9.59 Å². The lowest BCUT2D eigenvalue weighted by Gasteiger charge is -2.24. The quantitative estimate of drug-likeness (QED) is 0.619. The van der Waals surface area contributed by atoms with Crippen LogP contribution in [0.4, 0.5) is 4.39 Å². The van der Waals surface area contributed by atoms with Crippen molar-refractivity contribution in [1.82, 2.24) is 10.2 Å². The Labute approximate surface area is 177 Å². The number of carboxylic acids is 1. The predicted molar refractivity (Wildman–Crippen MR) is 106 cm³/mol. The molecule has 1 aliphatic carbocycles. The maximum absolute atomic E-state index is 12.9. The molecule has 0 unspecified atom stereocenters. The Hall–Kier alpha value is -3.46. The largest absolute Gasteiger partial charge is 0.480 e.